The minimum absolute atomic E-state index is 0.0413. The number of allylic oxidation sites excluding steroid dienone is 22. The average Bonchev–Trinajstić information content (AvgIpc) is 3.19. The Balaban J connectivity index is 3.98. The van der Waals surface area contributed by atoms with Crippen molar-refractivity contribution in [3.8, 4) is 0 Å². The molecule has 0 heterocycles. The Bertz CT molecular complexity index is 1290. The molecule has 0 saturated heterocycles. The molecule has 0 aliphatic rings. The number of unbranched alkanes of at least 4 members (excludes halogenated alkanes) is 2. The van der Waals surface area contributed by atoms with Crippen molar-refractivity contribution in [2.24, 2.45) is 0 Å². The van der Waals surface area contributed by atoms with Crippen LogP contribution in [-0.2, 0) is 19.1 Å². The first-order valence-corrected chi connectivity index (χ1v) is 20.8. The molecule has 0 aromatic rings. The Labute approximate surface area is 335 Å². The van der Waals surface area contributed by atoms with Gasteiger partial charge >= 0.3 is 5.97 Å². The first-order chi connectivity index (χ1) is 27.0. The van der Waals surface area contributed by atoms with Gasteiger partial charge in [-0.1, -0.05) is 148 Å². The summed E-state index contributed by atoms with van der Waals surface area (Å²) in [4.78, 5) is 36.9. The van der Waals surface area contributed by atoms with E-state index in [4.69, 9.17) is 4.74 Å². The quantitative estimate of drug-likeness (QED) is 0.0389. The van der Waals surface area contributed by atoms with E-state index in [1.165, 1.54) is 7.11 Å². The first kappa shape index (κ1) is 50.5. The monoisotopic (exact) mass is 755 g/mol. The molecule has 0 rings (SSSR count). The Morgan fingerprint density at radius 1 is 0.455 bits per heavy atom. The predicted molar refractivity (Wildman–Crippen MR) is 237 cm³/mol. The number of nitrogens with one attached hydrogen (secondary N) is 2. The van der Waals surface area contributed by atoms with E-state index in [0.717, 1.165) is 89.9 Å². The molecule has 304 valence electrons. The Kier molecular flexibility index (Phi) is 38.9. The summed E-state index contributed by atoms with van der Waals surface area (Å²) in [7, 11) is 1.33. The fourth-order valence-corrected chi connectivity index (χ4v) is 5.05. The van der Waals surface area contributed by atoms with E-state index in [1.807, 2.05) is 6.08 Å². The maximum Gasteiger partial charge on any atom is 0.328 e. The summed E-state index contributed by atoms with van der Waals surface area (Å²) >= 11 is 0. The van der Waals surface area contributed by atoms with E-state index in [9.17, 15) is 14.4 Å². The molecule has 1 unspecified atom stereocenters. The molecule has 6 nitrogen and oxygen atoms in total. The highest BCUT2D eigenvalue weighted by Crippen LogP contribution is 2.06. The molecule has 0 radical (unpaired) electrons. The van der Waals surface area contributed by atoms with Gasteiger partial charge in [0.25, 0.3) is 0 Å². The predicted octanol–water partition coefficient (Wildman–Crippen LogP) is 12.3. The van der Waals surface area contributed by atoms with Crippen LogP contribution in [0.25, 0.3) is 0 Å². The lowest BCUT2D eigenvalue weighted by Gasteiger charge is -2.16. The molecule has 0 saturated carbocycles. The molecule has 0 spiro atoms. The molecular formula is C49H74N2O4. The van der Waals surface area contributed by atoms with Crippen LogP contribution in [0.5, 0.6) is 0 Å². The number of amides is 2. The smallest absolute Gasteiger partial charge is 0.328 e. The van der Waals surface area contributed by atoms with Gasteiger partial charge in [-0.2, -0.15) is 0 Å². The van der Waals surface area contributed by atoms with Crippen LogP contribution < -0.4 is 10.6 Å². The highest BCUT2D eigenvalue weighted by molar-refractivity contribution is 5.84. The fourth-order valence-electron chi connectivity index (χ4n) is 5.05. The van der Waals surface area contributed by atoms with Crippen LogP contribution >= 0.6 is 0 Å². The van der Waals surface area contributed by atoms with Gasteiger partial charge in [0.1, 0.15) is 6.04 Å². The summed E-state index contributed by atoms with van der Waals surface area (Å²) in [5, 5.41) is 5.78. The van der Waals surface area contributed by atoms with Gasteiger partial charge in [-0.05, 0) is 109 Å². The second kappa shape index (κ2) is 42.3. The summed E-state index contributed by atoms with van der Waals surface area (Å²) in [6.45, 7) is 4.84. The Morgan fingerprint density at radius 3 is 1.24 bits per heavy atom. The summed E-state index contributed by atoms with van der Waals surface area (Å²) in [6, 6.07) is -0.679. The van der Waals surface area contributed by atoms with Crippen molar-refractivity contribution in [3.63, 3.8) is 0 Å². The third-order valence-corrected chi connectivity index (χ3v) is 8.13. The molecule has 6 heteroatoms. The number of carbonyl (C=O) groups excluding carboxylic acids is 3. The van der Waals surface area contributed by atoms with Crippen molar-refractivity contribution in [1.29, 1.82) is 0 Å². The molecule has 0 aliphatic heterocycles. The van der Waals surface area contributed by atoms with E-state index in [2.05, 4.69) is 152 Å². The van der Waals surface area contributed by atoms with Crippen LogP contribution in [0.15, 0.2) is 134 Å². The van der Waals surface area contributed by atoms with E-state index in [0.29, 0.717) is 38.6 Å². The largest absolute Gasteiger partial charge is 0.467 e. The van der Waals surface area contributed by atoms with Gasteiger partial charge in [0.05, 0.1) is 7.11 Å². The van der Waals surface area contributed by atoms with Crippen molar-refractivity contribution in [2.75, 3.05) is 13.7 Å². The van der Waals surface area contributed by atoms with Gasteiger partial charge in [-0.3, -0.25) is 9.59 Å². The molecule has 2 N–H and O–H groups in total. The van der Waals surface area contributed by atoms with Crippen LogP contribution in [0.1, 0.15) is 136 Å². The van der Waals surface area contributed by atoms with Crippen molar-refractivity contribution < 1.29 is 19.1 Å². The highest BCUT2D eigenvalue weighted by Gasteiger charge is 2.20. The summed E-state index contributed by atoms with van der Waals surface area (Å²) < 4.78 is 4.91. The molecular weight excluding hydrogens is 681 g/mol. The minimum Gasteiger partial charge on any atom is -0.467 e. The maximum absolute atomic E-state index is 12.5. The molecule has 0 bridgehead atoms. The van der Waals surface area contributed by atoms with Crippen LogP contribution in [-0.4, -0.2) is 37.5 Å². The van der Waals surface area contributed by atoms with Crippen molar-refractivity contribution >= 4 is 17.8 Å². The van der Waals surface area contributed by atoms with E-state index in [-0.39, 0.29) is 11.8 Å². The molecule has 0 aromatic carbocycles. The number of hydrogen-bond donors (Lipinski definition) is 2. The summed E-state index contributed by atoms with van der Waals surface area (Å²) in [6.07, 6.45) is 63.3. The zero-order valence-corrected chi connectivity index (χ0v) is 34.6. The number of hydrogen-bond acceptors (Lipinski definition) is 4. The second-order valence-electron chi connectivity index (χ2n) is 13.0. The van der Waals surface area contributed by atoms with E-state index < -0.39 is 12.0 Å². The highest BCUT2D eigenvalue weighted by atomic mass is 16.5. The van der Waals surface area contributed by atoms with Gasteiger partial charge in [0.15, 0.2) is 0 Å². The number of esters is 1. The normalized spacial score (nSPS) is 13.4. The Morgan fingerprint density at radius 2 is 0.836 bits per heavy atom. The first-order valence-electron chi connectivity index (χ1n) is 20.8. The van der Waals surface area contributed by atoms with Crippen LogP contribution in [0, 0.1) is 0 Å². The van der Waals surface area contributed by atoms with Crippen LogP contribution in [0.4, 0.5) is 0 Å². The van der Waals surface area contributed by atoms with Gasteiger partial charge < -0.3 is 15.4 Å². The van der Waals surface area contributed by atoms with E-state index in [1.54, 1.807) is 0 Å². The molecule has 0 fully saturated rings. The minimum atomic E-state index is -0.679. The number of methoxy groups -OCH3 is 1. The lowest BCUT2D eigenvalue weighted by atomic mass is 10.1. The number of carbonyl (C=O) groups is 3. The SMILES string of the molecule is CCC=CCC=CCC=CCC=CCC=CCC=CCCC(=O)NC(CCCCNC(=O)CCCC=CCC=CCC=CCC=CCC=CCC)C(=O)OC. The lowest BCUT2D eigenvalue weighted by molar-refractivity contribution is -0.145. The molecule has 2 amide bonds. The van der Waals surface area contributed by atoms with Gasteiger partial charge in [-0.25, -0.2) is 4.79 Å². The number of rotatable bonds is 34. The summed E-state index contributed by atoms with van der Waals surface area (Å²) in [5.74, 6) is -0.573. The van der Waals surface area contributed by atoms with Gasteiger partial charge in [0, 0.05) is 19.4 Å². The average molecular weight is 755 g/mol. The molecule has 55 heavy (non-hydrogen) atoms. The van der Waals surface area contributed by atoms with Crippen LogP contribution in [0.3, 0.4) is 0 Å². The Hall–Kier alpha value is -4.45. The molecule has 0 aliphatic carbocycles. The zero-order valence-electron chi connectivity index (χ0n) is 34.6. The zero-order chi connectivity index (χ0) is 40.1. The van der Waals surface area contributed by atoms with Gasteiger partial charge in [-0.15, -0.1) is 0 Å². The van der Waals surface area contributed by atoms with Crippen molar-refractivity contribution in [1.82, 2.24) is 10.6 Å². The van der Waals surface area contributed by atoms with E-state index >= 15 is 0 Å². The lowest BCUT2D eigenvalue weighted by Crippen LogP contribution is -2.41. The third kappa shape index (κ3) is 39.1. The maximum atomic E-state index is 12.5. The second-order valence-corrected chi connectivity index (χ2v) is 13.0. The topological polar surface area (TPSA) is 84.5 Å². The third-order valence-electron chi connectivity index (χ3n) is 8.13. The van der Waals surface area contributed by atoms with Crippen molar-refractivity contribution in [3.05, 3.63) is 134 Å². The van der Waals surface area contributed by atoms with Gasteiger partial charge in [0.2, 0.25) is 11.8 Å². The molecule has 1 atom stereocenters. The number of ether oxygens (including phenoxy) is 1. The standard InChI is InChI=1S/C49H74N2O4/c1-4-6-8-10-12-14-16-18-20-22-23-25-27-29-31-33-35-37-39-44-48(53)51-46(49(54)55-3)42-40-41-45-50-47(52)43-38-36-34-32-30-28-26-24-21-19-17-15-13-11-9-7-5-2/h6-9,12-15,18-21,23,25-26,28-29,31-32,34-35,37,46H,4-5,10-11,16-17,22,24,27,30,33,36,38-45H2,1-3H3,(H,50,52)(H,51,53). The fraction of sp³-hybridized carbons (Fsp3) is 0.490. The summed E-state index contributed by atoms with van der Waals surface area (Å²) in [5.41, 5.74) is 0. The van der Waals surface area contributed by atoms with Crippen molar-refractivity contribution in [2.45, 2.75) is 142 Å². The van der Waals surface area contributed by atoms with Crippen LogP contribution in [0.2, 0.25) is 0 Å². The molecule has 0 aromatic heterocycles.